The molecule has 0 unspecified atom stereocenters. The number of benzene rings is 1. The number of halogens is 1. The van der Waals surface area contributed by atoms with Crippen LogP contribution in [0.15, 0.2) is 48.8 Å². The molecule has 1 aliphatic rings. The number of likely N-dealkylation sites (tertiary alicyclic amines) is 1. The Morgan fingerprint density at radius 2 is 2.00 bits per heavy atom. The molecular weight excluding hydrogens is 393 g/mol. The van der Waals surface area contributed by atoms with E-state index in [-0.39, 0.29) is 17.8 Å². The van der Waals surface area contributed by atoms with E-state index in [4.69, 9.17) is 4.98 Å². The highest BCUT2D eigenvalue weighted by Gasteiger charge is 2.28. The minimum Gasteiger partial charge on any atom is -0.348 e. The lowest BCUT2D eigenvalue weighted by Gasteiger charge is -2.24. The predicted molar refractivity (Wildman–Crippen MR) is 117 cm³/mol. The van der Waals surface area contributed by atoms with E-state index in [2.05, 4.69) is 28.4 Å². The van der Waals surface area contributed by atoms with Gasteiger partial charge in [0.05, 0.1) is 29.2 Å². The summed E-state index contributed by atoms with van der Waals surface area (Å²) < 4.78 is 15.0. The van der Waals surface area contributed by atoms with Crippen molar-refractivity contribution >= 4 is 5.91 Å². The van der Waals surface area contributed by atoms with Crippen molar-refractivity contribution in [3.63, 3.8) is 0 Å². The molecule has 4 rings (SSSR count). The van der Waals surface area contributed by atoms with Gasteiger partial charge in [0.1, 0.15) is 5.82 Å². The third-order valence-corrected chi connectivity index (χ3v) is 5.82. The number of carbonyl (C=O) groups is 1. The van der Waals surface area contributed by atoms with Crippen molar-refractivity contribution in [1.29, 1.82) is 0 Å². The summed E-state index contributed by atoms with van der Waals surface area (Å²) in [5, 5.41) is 7.27. The average Bonchev–Trinajstić information content (AvgIpc) is 3.42. The molecule has 0 bridgehead atoms. The lowest BCUT2D eigenvalue weighted by Crippen LogP contribution is -2.26. The Morgan fingerprint density at radius 3 is 2.71 bits per heavy atom. The van der Waals surface area contributed by atoms with E-state index in [0.717, 1.165) is 49.4 Å². The van der Waals surface area contributed by atoms with Crippen molar-refractivity contribution in [1.82, 2.24) is 25.0 Å². The van der Waals surface area contributed by atoms with Gasteiger partial charge >= 0.3 is 0 Å². The standard InChI is InChI=1S/C24H28FN5O/c1-3-30-16-19(14-27-30)15-29-12-4-5-23(29)22-11-10-21(17(2)28-22)24(31)26-13-18-6-8-20(25)9-7-18/h6-11,14,16,23H,3-5,12-13,15H2,1-2H3,(H,26,31)/t23-/m0/s1. The van der Waals surface area contributed by atoms with Crippen LogP contribution in [0.4, 0.5) is 4.39 Å². The summed E-state index contributed by atoms with van der Waals surface area (Å²) in [6.45, 7) is 7.06. The second kappa shape index (κ2) is 9.39. The van der Waals surface area contributed by atoms with Gasteiger partial charge in [0.25, 0.3) is 5.91 Å². The molecule has 1 atom stereocenters. The summed E-state index contributed by atoms with van der Waals surface area (Å²) >= 11 is 0. The average molecular weight is 422 g/mol. The highest BCUT2D eigenvalue weighted by atomic mass is 19.1. The molecule has 1 N–H and O–H groups in total. The van der Waals surface area contributed by atoms with Crippen molar-refractivity contribution in [3.8, 4) is 0 Å². The van der Waals surface area contributed by atoms with Crippen LogP contribution < -0.4 is 5.32 Å². The second-order valence-corrected chi connectivity index (χ2v) is 8.01. The van der Waals surface area contributed by atoms with E-state index in [0.29, 0.717) is 12.1 Å². The van der Waals surface area contributed by atoms with Gasteiger partial charge in [-0.15, -0.1) is 0 Å². The molecule has 31 heavy (non-hydrogen) atoms. The summed E-state index contributed by atoms with van der Waals surface area (Å²) in [7, 11) is 0. The molecule has 1 aromatic carbocycles. The zero-order valence-corrected chi connectivity index (χ0v) is 18.0. The number of aryl methyl sites for hydroxylation is 2. The van der Waals surface area contributed by atoms with Crippen molar-refractivity contribution < 1.29 is 9.18 Å². The predicted octanol–water partition coefficient (Wildman–Crippen LogP) is 4.01. The molecule has 6 nitrogen and oxygen atoms in total. The van der Waals surface area contributed by atoms with Crippen LogP contribution in [-0.4, -0.2) is 32.1 Å². The van der Waals surface area contributed by atoms with Gasteiger partial charge < -0.3 is 5.32 Å². The number of hydrogen-bond acceptors (Lipinski definition) is 4. The molecule has 1 fully saturated rings. The van der Waals surface area contributed by atoms with Crippen LogP contribution in [0, 0.1) is 12.7 Å². The molecular formula is C24H28FN5O. The Hall–Kier alpha value is -3.06. The Labute approximate surface area is 182 Å². The van der Waals surface area contributed by atoms with Gasteiger partial charge in [-0.2, -0.15) is 5.10 Å². The first-order valence-electron chi connectivity index (χ1n) is 10.8. The van der Waals surface area contributed by atoms with Crippen molar-refractivity contribution in [2.75, 3.05) is 6.54 Å². The zero-order chi connectivity index (χ0) is 21.8. The highest BCUT2D eigenvalue weighted by molar-refractivity contribution is 5.95. The minimum absolute atomic E-state index is 0.170. The molecule has 7 heteroatoms. The second-order valence-electron chi connectivity index (χ2n) is 8.01. The Bertz CT molecular complexity index is 1050. The molecule has 1 saturated heterocycles. The first kappa shape index (κ1) is 21.2. The van der Waals surface area contributed by atoms with Crippen LogP contribution in [0.1, 0.15) is 58.7 Å². The third-order valence-electron chi connectivity index (χ3n) is 5.82. The summed E-state index contributed by atoms with van der Waals surface area (Å²) in [4.78, 5) is 19.9. The molecule has 0 saturated carbocycles. The number of nitrogens with zero attached hydrogens (tertiary/aromatic N) is 4. The van der Waals surface area contributed by atoms with Gasteiger partial charge in [-0.05, 0) is 63.1 Å². The van der Waals surface area contributed by atoms with Gasteiger partial charge in [-0.25, -0.2) is 4.39 Å². The Morgan fingerprint density at radius 1 is 1.19 bits per heavy atom. The summed E-state index contributed by atoms with van der Waals surface area (Å²) in [6, 6.07) is 10.2. The van der Waals surface area contributed by atoms with Crippen LogP contribution in [0.2, 0.25) is 0 Å². The van der Waals surface area contributed by atoms with Gasteiger partial charge in [-0.3, -0.25) is 19.4 Å². The van der Waals surface area contributed by atoms with Crippen LogP contribution >= 0.6 is 0 Å². The van der Waals surface area contributed by atoms with Crippen LogP contribution in [0.3, 0.4) is 0 Å². The topological polar surface area (TPSA) is 63.1 Å². The molecule has 0 radical (unpaired) electrons. The first-order valence-corrected chi connectivity index (χ1v) is 10.8. The highest BCUT2D eigenvalue weighted by Crippen LogP contribution is 2.32. The largest absolute Gasteiger partial charge is 0.348 e. The molecule has 1 amide bonds. The van der Waals surface area contributed by atoms with E-state index in [1.807, 2.05) is 29.9 Å². The molecule has 3 aromatic rings. The Kier molecular flexibility index (Phi) is 6.42. The van der Waals surface area contributed by atoms with Gasteiger partial charge in [-0.1, -0.05) is 12.1 Å². The lowest BCUT2D eigenvalue weighted by molar-refractivity contribution is 0.0949. The van der Waals surface area contributed by atoms with Crippen LogP contribution in [-0.2, 0) is 19.6 Å². The number of carbonyl (C=O) groups excluding carboxylic acids is 1. The smallest absolute Gasteiger partial charge is 0.253 e. The van der Waals surface area contributed by atoms with Crippen LogP contribution in [0.25, 0.3) is 0 Å². The fraction of sp³-hybridized carbons (Fsp3) is 0.375. The van der Waals surface area contributed by atoms with Crippen LogP contribution in [0.5, 0.6) is 0 Å². The SMILES string of the molecule is CCn1cc(CN2CCC[C@H]2c2ccc(C(=O)NCc3ccc(F)cc3)c(C)n2)cn1. The number of nitrogens with one attached hydrogen (secondary N) is 1. The maximum Gasteiger partial charge on any atom is 0.253 e. The molecule has 162 valence electrons. The number of aromatic nitrogens is 3. The van der Waals surface area contributed by atoms with Crippen molar-refractivity contribution in [2.45, 2.75) is 52.4 Å². The van der Waals surface area contributed by atoms with Crippen molar-refractivity contribution in [3.05, 3.63) is 82.7 Å². The van der Waals surface area contributed by atoms with E-state index in [1.165, 1.54) is 17.7 Å². The van der Waals surface area contributed by atoms with Gasteiger partial charge in [0.2, 0.25) is 0 Å². The number of pyridine rings is 1. The maximum absolute atomic E-state index is 13.0. The number of hydrogen-bond donors (Lipinski definition) is 1. The molecule has 3 heterocycles. The monoisotopic (exact) mass is 421 g/mol. The minimum atomic E-state index is -0.286. The molecule has 0 aliphatic carbocycles. The summed E-state index contributed by atoms with van der Waals surface area (Å²) in [6.07, 6.45) is 6.23. The quantitative estimate of drug-likeness (QED) is 0.626. The van der Waals surface area contributed by atoms with Gasteiger partial charge in [0, 0.05) is 31.4 Å². The van der Waals surface area contributed by atoms with Crippen molar-refractivity contribution in [2.24, 2.45) is 0 Å². The summed E-state index contributed by atoms with van der Waals surface area (Å²) in [5.41, 5.74) is 4.36. The normalized spacial score (nSPS) is 16.5. The number of amides is 1. The molecule has 2 aromatic heterocycles. The first-order chi connectivity index (χ1) is 15.0. The van der Waals surface area contributed by atoms with E-state index >= 15 is 0 Å². The lowest BCUT2D eigenvalue weighted by atomic mass is 10.1. The Balaban J connectivity index is 1.42. The fourth-order valence-electron chi connectivity index (χ4n) is 4.13. The number of rotatable bonds is 7. The molecule has 1 aliphatic heterocycles. The molecule has 0 spiro atoms. The summed E-state index contributed by atoms with van der Waals surface area (Å²) in [5.74, 6) is -0.456. The van der Waals surface area contributed by atoms with E-state index in [9.17, 15) is 9.18 Å². The fourth-order valence-corrected chi connectivity index (χ4v) is 4.13. The van der Waals surface area contributed by atoms with E-state index < -0.39 is 0 Å². The van der Waals surface area contributed by atoms with Gasteiger partial charge in [0.15, 0.2) is 0 Å². The zero-order valence-electron chi connectivity index (χ0n) is 18.0. The van der Waals surface area contributed by atoms with E-state index in [1.54, 1.807) is 12.1 Å². The maximum atomic E-state index is 13.0. The third kappa shape index (κ3) is 4.99.